The second kappa shape index (κ2) is 12.4. The van der Waals surface area contributed by atoms with Crippen LogP contribution in [0.1, 0.15) is 34.7 Å². The lowest BCUT2D eigenvalue weighted by molar-refractivity contribution is -0.130. The third kappa shape index (κ3) is 6.71. The summed E-state index contributed by atoms with van der Waals surface area (Å²) in [5.41, 5.74) is 10.4. The van der Waals surface area contributed by atoms with Crippen molar-refractivity contribution in [1.29, 1.82) is 0 Å². The maximum Gasteiger partial charge on any atom is 0.338 e. The van der Waals surface area contributed by atoms with Crippen LogP contribution in [-0.4, -0.2) is 5.97 Å². The van der Waals surface area contributed by atoms with Crippen molar-refractivity contribution in [3.63, 3.8) is 0 Å². The molecule has 0 amide bonds. The van der Waals surface area contributed by atoms with Gasteiger partial charge in [-0.25, -0.2) is 4.79 Å². The molecular weight excluding hydrogens is 502 g/mol. The zero-order chi connectivity index (χ0) is 28.8. The Labute approximate surface area is 242 Å². The summed E-state index contributed by atoms with van der Waals surface area (Å²) in [6.45, 7) is 9.50. The van der Waals surface area contributed by atoms with E-state index in [1.54, 1.807) is 6.92 Å². The molecule has 3 nitrogen and oxygen atoms in total. The van der Waals surface area contributed by atoms with Gasteiger partial charge in [0.25, 0.3) is 0 Å². The highest BCUT2D eigenvalue weighted by atomic mass is 16.5. The third-order valence-electron chi connectivity index (χ3n) is 6.86. The lowest BCUT2D eigenvalue weighted by Gasteiger charge is -2.26. The first-order chi connectivity index (χ1) is 19.9. The van der Waals surface area contributed by atoms with Crippen molar-refractivity contribution < 1.29 is 9.53 Å². The van der Waals surface area contributed by atoms with E-state index in [2.05, 4.69) is 116 Å². The number of carbonyl (C=O) groups is 1. The van der Waals surface area contributed by atoms with Crippen LogP contribution in [0.4, 0.5) is 17.1 Å². The minimum absolute atomic E-state index is 0.366. The van der Waals surface area contributed by atoms with Gasteiger partial charge in [0.2, 0.25) is 0 Å². The summed E-state index contributed by atoms with van der Waals surface area (Å²) in [5.74, 6) is 0.0628. The van der Waals surface area contributed by atoms with Crippen molar-refractivity contribution in [2.45, 2.75) is 20.8 Å². The minimum atomic E-state index is -0.429. The average Bonchev–Trinajstić information content (AvgIpc) is 2.99. The van der Waals surface area contributed by atoms with Gasteiger partial charge < -0.3 is 9.64 Å². The second-order valence-electron chi connectivity index (χ2n) is 10.2. The Morgan fingerprint density at radius 2 is 1.10 bits per heavy atom. The number of anilines is 3. The molecule has 202 valence electrons. The first-order valence-corrected chi connectivity index (χ1v) is 13.7. The number of rotatable bonds is 8. The summed E-state index contributed by atoms with van der Waals surface area (Å²) in [4.78, 5) is 14.2. The van der Waals surface area contributed by atoms with Gasteiger partial charge in [-0.15, -0.1) is 0 Å². The summed E-state index contributed by atoms with van der Waals surface area (Å²) in [5, 5.41) is 0. The van der Waals surface area contributed by atoms with Crippen LogP contribution in [0.15, 0.2) is 140 Å². The monoisotopic (exact) mass is 535 g/mol. The van der Waals surface area contributed by atoms with E-state index in [0.29, 0.717) is 11.3 Å². The molecule has 0 aliphatic heterocycles. The van der Waals surface area contributed by atoms with Crippen LogP contribution in [0.25, 0.3) is 11.6 Å². The Morgan fingerprint density at radius 1 is 0.634 bits per heavy atom. The van der Waals surface area contributed by atoms with Crippen LogP contribution >= 0.6 is 0 Å². The molecule has 0 atom stereocenters. The van der Waals surface area contributed by atoms with Crippen LogP contribution < -0.4 is 9.64 Å². The number of benzene rings is 5. The van der Waals surface area contributed by atoms with Crippen molar-refractivity contribution in [3.05, 3.63) is 167 Å². The van der Waals surface area contributed by atoms with E-state index in [1.165, 1.54) is 11.1 Å². The molecule has 5 rings (SSSR count). The van der Waals surface area contributed by atoms with Crippen LogP contribution in [0.2, 0.25) is 0 Å². The molecule has 0 heterocycles. The van der Waals surface area contributed by atoms with Crippen molar-refractivity contribution >= 4 is 34.7 Å². The number of carbonyl (C=O) groups excluding carboxylic acids is 1. The molecule has 0 aromatic heterocycles. The maximum absolute atomic E-state index is 11.9. The normalized spacial score (nSPS) is 11.1. The van der Waals surface area contributed by atoms with Gasteiger partial charge in [0.1, 0.15) is 5.75 Å². The Morgan fingerprint density at radius 3 is 1.59 bits per heavy atom. The second-order valence-corrected chi connectivity index (χ2v) is 10.2. The number of hydrogen-bond donors (Lipinski definition) is 0. The Hall–Kier alpha value is -5.15. The van der Waals surface area contributed by atoms with Crippen molar-refractivity contribution in [2.75, 3.05) is 4.90 Å². The smallest absolute Gasteiger partial charge is 0.338 e. The first-order valence-electron chi connectivity index (χ1n) is 13.7. The van der Waals surface area contributed by atoms with Crippen LogP contribution in [-0.2, 0) is 4.79 Å². The van der Waals surface area contributed by atoms with Gasteiger partial charge in [-0.1, -0.05) is 96.6 Å². The molecule has 3 heteroatoms. The quantitative estimate of drug-likeness (QED) is 0.0857. The standard InChI is InChI=1S/C38H33NO2/c1-27(2)38(40)41-36-24-16-32(17-25-36)37(31-8-6-5-7-9-31)26-30-14-22-35(23-15-30)39(33-18-10-28(3)11-19-33)34-20-12-29(4)13-21-34/h5-26H,1H2,2-4H3/b37-26+. The van der Waals surface area contributed by atoms with E-state index in [1.807, 2.05) is 42.5 Å². The molecule has 0 fully saturated rings. The molecule has 41 heavy (non-hydrogen) atoms. The molecule has 0 spiro atoms. The van der Waals surface area contributed by atoms with Gasteiger partial charge >= 0.3 is 5.97 Å². The molecular formula is C38H33NO2. The van der Waals surface area contributed by atoms with Crippen molar-refractivity contribution in [3.8, 4) is 5.75 Å². The van der Waals surface area contributed by atoms with Crippen LogP contribution in [0.5, 0.6) is 5.75 Å². The van der Waals surface area contributed by atoms with Gasteiger partial charge in [0.05, 0.1) is 0 Å². The zero-order valence-corrected chi connectivity index (χ0v) is 23.7. The lowest BCUT2D eigenvalue weighted by Crippen LogP contribution is -2.09. The molecule has 0 aliphatic carbocycles. The van der Waals surface area contributed by atoms with E-state index in [4.69, 9.17) is 4.74 Å². The molecule has 0 aliphatic rings. The van der Waals surface area contributed by atoms with Crippen molar-refractivity contribution in [2.24, 2.45) is 0 Å². The predicted octanol–water partition coefficient (Wildman–Crippen LogP) is 9.84. The molecule has 0 saturated carbocycles. The van der Waals surface area contributed by atoms with Gasteiger partial charge in [0.15, 0.2) is 0 Å². The SMILES string of the molecule is C=C(C)C(=O)Oc1ccc(/C(=C/c2ccc(N(c3ccc(C)cc3)c3ccc(C)cc3)cc2)c2ccccc2)cc1. The molecule has 0 radical (unpaired) electrons. The van der Waals surface area contributed by atoms with E-state index in [-0.39, 0.29) is 0 Å². The van der Waals surface area contributed by atoms with Gasteiger partial charge in [-0.3, -0.25) is 0 Å². The van der Waals surface area contributed by atoms with Crippen LogP contribution in [0.3, 0.4) is 0 Å². The summed E-state index contributed by atoms with van der Waals surface area (Å²) in [6.07, 6.45) is 2.19. The lowest BCUT2D eigenvalue weighted by atomic mass is 9.95. The number of nitrogens with zero attached hydrogens (tertiary/aromatic N) is 1. The van der Waals surface area contributed by atoms with E-state index in [9.17, 15) is 4.79 Å². The van der Waals surface area contributed by atoms with Gasteiger partial charge in [0, 0.05) is 22.6 Å². The molecule has 5 aromatic rings. The zero-order valence-electron chi connectivity index (χ0n) is 23.7. The largest absolute Gasteiger partial charge is 0.423 e. The highest BCUT2D eigenvalue weighted by Crippen LogP contribution is 2.35. The predicted molar refractivity (Wildman–Crippen MR) is 171 cm³/mol. The number of hydrogen-bond acceptors (Lipinski definition) is 3. The van der Waals surface area contributed by atoms with Crippen LogP contribution in [0, 0.1) is 13.8 Å². The van der Waals surface area contributed by atoms with E-state index < -0.39 is 5.97 Å². The molecule has 0 unspecified atom stereocenters. The number of aryl methyl sites for hydroxylation is 2. The van der Waals surface area contributed by atoms with Gasteiger partial charge in [-0.2, -0.15) is 0 Å². The molecule has 0 saturated heterocycles. The number of ether oxygens (including phenoxy) is 1. The van der Waals surface area contributed by atoms with E-state index >= 15 is 0 Å². The summed E-state index contributed by atoms with van der Waals surface area (Å²) in [7, 11) is 0. The highest BCUT2D eigenvalue weighted by Gasteiger charge is 2.13. The Kier molecular flexibility index (Phi) is 8.26. The molecule has 0 bridgehead atoms. The summed E-state index contributed by atoms with van der Waals surface area (Å²) in [6, 6.07) is 43.7. The molecule has 0 N–H and O–H groups in total. The minimum Gasteiger partial charge on any atom is -0.423 e. The van der Waals surface area contributed by atoms with Crippen molar-refractivity contribution in [1.82, 2.24) is 0 Å². The molecule has 5 aromatic carbocycles. The fourth-order valence-electron chi connectivity index (χ4n) is 4.57. The summed E-state index contributed by atoms with van der Waals surface area (Å²) >= 11 is 0. The fraction of sp³-hybridized carbons (Fsp3) is 0.0789. The third-order valence-corrected chi connectivity index (χ3v) is 6.86. The fourth-order valence-corrected chi connectivity index (χ4v) is 4.57. The number of esters is 1. The average molecular weight is 536 g/mol. The van der Waals surface area contributed by atoms with Gasteiger partial charge in [-0.05, 0) is 97.6 Å². The Bertz CT molecular complexity index is 1620. The topological polar surface area (TPSA) is 29.5 Å². The summed E-state index contributed by atoms with van der Waals surface area (Å²) < 4.78 is 5.39. The van der Waals surface area contributed by atoms with E-state index in [0.717, 1.165) is 39.3 Å². The maximum atomic E-state index is 11.9. The first kappa shape index (κ1) is 27.4. The Balaban J connectivity index is 1.50. The highest BCUT2D eigenvalue weighted by molar-refractivity contribution is 5.92.